The molecule has 0 spiro atoms. The highest BCUT2D eigenvalue weighted by molar-refractivity contribution is 5.79. The lowest BCUT2D eigenvalue weighted by Crippen LogP contribution is -2.22. The Hall–Kier alpha value is -1.57. The third kappa shape index (κ3) is 2.46. The number of hydrogen-bond acceptors (Lipinski definition) is 2. The fraction of sp³-hybridized carbons (Fsp3) is 0.308. The molecule has 1 aromatic carbocycles. The maximum atomic E-state index is 5.75. The lowest BCUT2D eigenvalue weighted by Gasteiger charge is -2.21. The van der Waals surface area contributed by atoms with Crippen molar-refractivity contribution in [1.82, 2.24) is 4.98 Å². The molecule has 1 heterocycles. The van der Waals surface area contributed by atoms with Gasteiger partial charge in [0.1, 0.15) is 11.4 Å². The molecule has 0 aliphatic rings. The molecule has 2 nitrogen and oxygen atoms in total. The number of fused-ring (bicyclic) bond motifs is 1. The van der Waals surface area contributed by atoms with E-state index >= 15 is 0 Å². The van der Waals surface area contributed by atoms with E-state index < -0.39 is 0 Å². The smallest absolute Gasteiger partial charge is 0.139 e. The molecule has 0 aliphatic heterocycles. The second-order valence-corrected chi connectivity index (χ2v) is 4.58. The Morgan fingerprint density at radius 1 is 1.13 bits per heavy atom. The topological polar surface area (TPSA) is 22.1 Å². The summed E-state index contributed by atoms with van der Waals surface area (Å²) < 4.78 is 5.75. The van der Waals surface area contributed by atoms with Gasteiger partial charge in [0.05, 0.1) is 11.7 Å². The number of pyridine rings is 1. The van der Waals surface area contributed by atoms with Gasteiger partial charge in [0.2, 0.25) is 0 Å². The van der Waals surface area contributed by atoms with Crippen LogP contribution in [0.15, 0.2) is 36.5 Å². The molecule has 0 N–H and O–H groups in total. The summed E-state index contributed by atoms with van der Waals surface area (Å²) in [6.07, 6.45) is 1.77. The van der Waals surface area contributed by atoms with Crippen molar-refractivity contribution < 1.29 is 4.74 Å². The Labute approximate surface area is 89.9 Å². The van der Waals surface area contributed by atoms with E-state index in [0.29, 0.717) is 0 Å². The lowest BCUT2D eigenvalue weighted by atomic mass is 10.2. The van der Waals surface area contributed by atoms with Crippen LogP contribution in [0.4, 0.5) is 0 Å². The highest BCUT2D eigenvalue weighted by atomic mass is 16.5. The molecule has 0 unspecified atom stereocenters. The molecule has 0 aliphatic carbocycles. The first kappa shape index (κ1) is 9.97. The van der Waals surface area contributed by atoms with Gasteiger partial charge in [0.15, 0.2) is 0 Å². The monoisotopic (exact) mass is 201 g/mol. The first-order chi connectivity index (χ1) is 7.04. The molecule has 2 aromatic rings. The van der Waals surface area contributed by atoms with Gasteiger partial charge < -0.3 is 4.74 Å². The van der Waals surface area contributed by atoms with E-state index in [1.165, 1.54) is 0 Å². The van der Waals surface area contributed by atoms with Gasteiger partial charge in [-0.05, 0) is 32.9 Å². The Morgan fingerprint density at radius 2 is 1.87 bits per heavy atom. The summed E-state index contributed by atoms with van der Waals surface area (Å²) in [5.74, 6) is 0.821. The normalized spacial score (nSPS) is 11.7. The van der Waals surface area contributed by atoms with Crippen LogP contribution in [-0.2, 0) is 0 Å². The molecule has 2 rings (SSSR count). The Bertz CT molecular complexity index is 471. The molecule has 0 saturated carbocycles. The third-order valence-corrected chi connectivity index (χ3v) is 1.99. The van der Waals surface area contributed by atoms with Crippen molar-refractivity contribution in [3.63, 3.8) is 0 Å². The minimum absolute atomic E-state index is 0.176. The van der Waals surface area contributed by atoms with Crippen molar-refractivity contribution >= 4 is 10.9 Å². The van der Waals surface area contributed by atoms with Crippen LogP contribution >= 0.6 is 0 Å². The standard InChI is InChI=1S/C13H15NO/c1-13(2,3)15-11-8-10-6-4-5-7-12(10)14-9-11/h4-9H,1-3H3. The van der Waals surface area contributed by atoms with E-state index in [1.54, 1.807) is 6.20 Å². The quantitative estimate of drug-likeness (QED) is 0.705. The van der Waals surface area contributed by atoms with Gasteiger partial charge in [0.25, 0.3) is 0 Å². The van der Waals surface area contributed by atoms with Gasteiger partial charge in [-0.2, -0.15) is 0 Å². The molecule has 0 bridgehead atoms. The van der Waals surface area contributed by atoms with Gasteiger partial charge in [-0.3, -0.25) is 4.98 Å². The maximum absolute atomic E-state index is 5.75. The minimum Gasteiger partial charge on any atom is -0.487 e. The van der Waals surface area contributed by atoms with Gasteiger partial charge in [-0.25, -0.2) is 0 Å². The van der Waals surface area contributed by atoms with Crippen LogP contribution in [-0.4, -0.2) is 10.6 Å². The summed E-state index contributed by atoms with van der Waals surface area (Å²) in [5, 5.41) is 1.11. The third-order valence-electron chi connectivity index (χ3n) is 1.99. The first-order valence-corrected chi connectivity index (χ1v) is 5.08. The zero-order valence-corrected chi connectivity index (χ0v) is 9.32. The van der Waals surface area contributed by atoms with E-state index in [1.807, 2.05) is 51.1 Å². The molecule has 0 amide bonds. The molecule has 0 radical (unpaired) electrons. The van der Waals surface area contributed by atoms with Gasteiger partial charge in [-0.15, -0.1) is 0 Å². The highest BCUT2D eigenvalue weighted by Gasteiger charge is 2.11. The molecule has 0 saturated heterocycles. The summed E-state index contributed by atoms with van der Waals surface area (Å²) in [6.45, 7) is 6.09. The van der Waals surface area contributed by atoms with Gasteiger partial charge in [0, 0.05) is 5.39 Å². The predicted molar refractivity (Wildman–Crippen MR) is 62.1 cm³/mol. The average molecular weight is 201 g/mol. The zero-order valence-electron chi connectivity index (χ0n) is 9.32. The summed E-state index contributed by atoms with van der Waals surface area (Å²) in [6, 6.07) is 10.0. The van der Waals surface area contributed by atoms with Crippen LogP contribution in [0.3, 0.4) is 0 Å². The van der Waals surface area contributed by atoms with Crippen LogP contribution in [0.25, 0.3) is 10.9 Å². The SMILES string of the molecule is CC(C)(C)Oc1cnc2ccccc2c1. The van der Waals surface area contributed by atoms with Crippen LogP contribution in [0.1, 0.15) is 20.8 Å². The summed E-state index contributed by atoms with van der Waals surface area (Å²) in [7, 11) is 0. The van der Waals surface area contributed by atoms with E-state index in [0.717, 1.165) is 16.7 Å². The predicted octanol–water partition coefficient (Wildman–Crippen LogP) is 3.41. The van der Waals surface area contributed by atoms with Crippen LogP contribution in [0.2, 0.25) is 0 Å². The van der Waals surface area contributed by atoms with Crippen molar-refractivity contribution in [2.24, 2.45) is 0 Å². The molecule has 0 fully saturated rings. The fourth-order valence-electron chi connectivity index (χ4n) is 1.46. The van der Waals surface area contributed by atoms with E-state index in [9.17, 15) is 0 Å². The lowest BCUT2D eigenvalue weighted by molar-refractivity contribution is 0.130. The minimum atomic E-state index is -0.176. The Morgan fingerprint density at radius 3 is 2.60 bits per heavy atom. The molecule has 2 heteroatoms. The van der Waals surface area contributed by atoms with E-state index in [4.69, 9.17) is 4.74 Å². The van der Waals surface area contributed by atoms with Gasteiger partial charge in [-0.1, -0.05) is 18.2 Å². The Kier molecular flexibility index (Phi) is 2.35. The van der Waals surface area contributed by atoms with Crippen molar-refractivity contribution in [2.75, 3.05) is 0 Å². The molecule has 78 valence electrons. The fourth-order valence-corrected chi connectivity index (χ4v) is 1.46. The largest absolute Gasteiger partial charge is 0.487 e. The van der Waals surface area contributed by atoms with E-state index in [-0.39, 0.29) is 5.60 Å². The van der Waals surface area contributed by atoms with Crippen molar-refractivity contribution in [3.05, 3.63) is 36.5 Å². The van der Waals surface area contributed by atoms with Crippen LogP contribution in [0, 0.1) is 0 Å². The van der Waals surface area contributed by atoms with Gasteiger partial charge >= 0.3 is 0 Å². The number of benzene rings is 1. The molecule has 0 atom stereocenters. The first-order valence-electron chi connectivity index (χ1n) is 5.08. The summed E-state index contributed by atoms with van der Waals surface area (Å²) in [5.41, 5.74) is 0.822. The molecule has 15 heavy (non-hydrogen) atoms. The van der Waals surface area contributed by atoms with Crippen molar-refractivity contribution in [1.29, 1.82) is 0 Å². The average Bonchev–Trinajstić information content (AvgIpc) is 2.15. The summed E-state index contributed by atoms with van der Waals surface area (Å²) in [4.78, 5) is 4.34. The highest BCUT2D eigenvalue weighted by Crippen LogP contribution is 2.21. The number of ether oxygens (including phenoxy) is 1. The number of aromatic nitrogens is 1. The van der Waals surface area contributed by atoms with Crippen molar-refractivity contribution in [3.8, 4) is 5.75 Å². The maximum Gasteiger partial charge on any atom is 0.139 e. The Balaban J connectivity index is 2.39. The number of hydrogen-bond donors (Lipinski definition) is 0. The molecule has 1 aromatic heterocycles. The molecular weight excluding hydrogens is 186 g/mol. The van der Waals surface area contributed by atoms with Crippen LogP contribution < -0.4 is 4.74 Å². The number of nitrogens with zero attached hydrogens (tertiary/aromatic N) is 1. The van der Waals surface area contributed by atoms with Crippen molar-refractivity contribution in [2.45, 2.75) is 26.4 Å². The molecular formula is C13H15NO. The van der Waals surface area contributed by atoms with E-state index in [2.05, 4.69) is 4.98 Å². The second-order valence-electron chi connectivity index (χ2n) is 4.58. The number of rotatable bonds is 1. The summed E-state index contributed by atoms with van der Waals surface area (Å²) >= 11 is 0. The zero-order chi connectivity index (χ0) is 10.9. The second kappa shape index (κ2) is 3.54. The number of para-hydroxylation sites is 1. The van der Waals surface area contributed by atoms with Crippen LogP contribution in [0.5, 0.6) is 5.75 Å².